The molecule has 0 spiro atoms. The Morgan fingerprint density at radius 2 is 2.11 bits per heavy atom. The first-order valence-electron chi connectivity index (χ1n) is 6.46. The van der Waals surface area contributed by atoms with E-state index in [9.17, 15) is 8.42 Å². The molecule has 2 rings (SSSR count). The number of rotatable bonds is 6. The molecule has 1 heterocycles. The highest BCUT2D eigenvalue weighted by molar-refractivity contribution is 7.89. The van der Waals surface area contributed by atoms with Gasteiger partial charge < -0.3 is 4.42 Å². The maximum Gasteiger partial charge on any atom is 0.214 e. The summed E-state index contributed by atoms with van der Waals surface area (Å²) in [7, 11) is -1.54. The van der Waals surface area contributed by atoms with E-state index in [1.807, 2.05) is 19.1 Å². The predicted molar refractivity (Wildman–Crippen MR) is 70.8 cm³/mol. The molecule has 2 unspecified atom stereocenters. The first kappa shape index (κ1) is 13.6. The van der Waals surface area contributed by atoms with E-state index in [-0.39, 0.29) is 5.75 Å². The molecule has 1 aliphatic rings. The molecule has 0 radical (unpaired) electrons. The molecule has 0 N–H and O–H groups in total. The molecule has 102 valence electrons. The van der Waals surface area contributed by atoms with E-state index in [0.29, 0.717) is 24.8 Å². The molecule has 1 aromatic rings. The van der Waals surface area contributed by atoms with Gasteiger partial charge in [0.05, 0.1) is 12.3 Å². The number of hydrogen-bond donors (Lipinski definition) is 0. The second-order valence-electron chi connectivity index (χ2n) is 5.20. The van der Waals surface area contributed by atoms with Crippen LogP contribution >= 0.6 is 0 Å². The van der Waals surface area contributed by atoms with Gasteiger partial charge in [-0.05, 0) is 30.9 Å². The molecular formula is C13H21NO3S. The molecule has 1 aliphatic carbocycles. The average Bonchev–Trinajstić information content (AvgIpc) is 2.84. The molecule has 0 bridgehead atoms. The topological polar surface area (TPSA) is 50.5 Å². The molecule has 0 saturated heterocycles. The minimum Gasteiger partial charge on any atom is -0.464 e. The number of furan rings is 1. The summed E-state index contributed by atoms with van der Waals surface area (Å²) in [5, 5.41) is 0. The van der Waals surface area contributed by atoms with E-state index in [4.69, 9.17) is 4.42 Å². The highest BCUT2D eigenvalue weighted by Crippen LogP contribution is 2.47. The quantitative estimate of drug-likeness (QED) is 0.799. The van der Waals surface area contributed by atoms with Crippen LogP contribution in [0.25, 0.3) is 0 Å². The van der Waals surface area contributed by atoms with Crippen molar-refractivity contribution in [3.63, 3.8) is 0 Å². The van der Waals surface area contributed by atoms with E-state index in [0.717, 1.165) is 11.5 Å². The third kappa shape index (κ3) is 2.95. The highest BCUT2D eigenvalue weighted by Gasteiger charge is 2.36. The Balaban J connectivity index is 1.99. The molecular weight excluding hydrogens is 250 g/mol. The lowest BCUT2D eigenvalue weighted by Crippen LogP contribution is -2.28. The third-order valence-corrected chi connectivity index (χ3v) is 5.48. The fourth-order valence-corrected chi connectivity index (χ4v) is 3.28. The van der Waals surface area contributed by atoms with Gasteiger partial charge in [0.2, 0.25) is 10.0 Å². The van der Waals surface area contributed by atoms with Crippen LogP contribution < -0.4 is 0 Å². The number of nitrogens with zero attached hydrogens (tertiary/aromatic N) is 1. The van der Waals surface area contributed by atoms with E-state index in [1.54, 1.807) is 7.05 Å². The summed E-state index contributed by atoms with van der Waals surface area (Å²) < 4.78 is 30.7. The van der Waals surface area contributed by atoms with Gasteiger partial charge in [-0.1, -0.05) is 13.8 Å². The smallest absolute Gasteiger partial charge is 0.214 e. The normalized spacial score (nSPS) is 23.6. The Bertz CT molecular complexity index is 506. The minimum atomic E-state index is -3.14. The molecule has 1 saturated carbocycles. The average molecular weight is 271 g/mol. The van der Waals surface area contributed by atoms with E-state index in [2.05, 4.69) is 6.92 Å². The molecule has 5 heteroatoms. The summed E-state index contributed by atoms with van der Waals surface area (Å²) >= 11 is 0. The lowest BCUT2D eigenvalue weighted by atomic mass is 10.3. The zero-order valence-corrected chi connectivity index (χ0v) is 12.0. The van der Waals surface area contributed by atoms with Gasteiger partial charge in [0.1, 0.15) is 11.5 Å². The monoisotopic (exact) mass is 271 g/mol. The maximum atomic E-state index is 11.8. The van der Waals surface area contributed by atoms with Crippen LogP contribution in [0.5, 0.6) is 0 Å². The van der Waals surface area contributed by atoms with Crippen molar-refractivity contribution < 1.29 is 12.8 Å². The second kappa shape index (κ2) is 5.05. The lowest BCUT2D eigenvalue weighted by molar-refractivity contribution is 0.389. The fraction of sp³-hybridized carbons (Fsp3) is 0.692. The van der Waals surface area contributed by atoms with Crippen molar-refractivity contribution in [2.75, 3.05) is 12.8 Å². The van der Waals surface area contributed by atoms with Crippen molar-refractivity contribution >= 4 is 10.0 Å². The van der Waals surface area contributed by atoms with Gasteiger partial charge in [-0.25, -0.2) is 8.42 Å². The van der Waals surface area contributed by atoms with Crippen LogP contribution in [0.3, 0.4) is 0 Å². The maximum absolute atomic E-state index is 11.8. The van der Waals surface area contributed by atoms with Crippen molar-refractivity contribution in [2.24, 2.45) is 5.92 Å². The Labute approximate surface area is 109 Å². The largest absolute Gasteiger partial charge is 0.464 e. The standard InChI is InChI=1S/C13H21NO3S/c1-4-7-18(15,16)14(3)9-11-5-6-13(17-11)12-8-10(12)2/h5-6,10,12H,4,7-9H2,1-3H3. The molecule has 0 aromatic carbocycles. The summed E-state index contributed by atoms with van der Waals surface area (Å²) in [6, 6.07) is 3.86. The van der Waals surface area contributed by atoms with Crippen molar-refractivity contribution in [1.29, 1.82) is 0 Å². The van der Waals surface area contributed by atoms with Crippen LogP contribution in [0.2, 0.25) is 0 Å². The zero-order valence-electron chi connectivity index (χ0n) is 11.2. The van der Waals surface area contributed by atoms with Gasteiger partial charge in [0.15, 0.2) is 0 Å². The molecule has 1 fully saturated rings. The predicted octanol–water partition coefficient (Wildman–Crippen LogP) is 2.57. The number of hydrogen-bond acceptors (Lipinski definition) is 3. The van der Waals surface area contributed by atoms with Crippen LogP contribution in [-0.4, -0.2) is 25.5 Å². The molecule has 18 heavy (non-hydrogen) atoms. The van der Waals surface area contributed by atoms with Crippen LogP contribution in [0.4, 0.5) is 0 Å². The zero-order chi connectivity index (χ0) is 13.3. The molecule has 2 atom stereocenters. The Morgan fingerprint density at radius 1 is 1.44 bits per heavy atom. The lowest BCUT2D eigenvalue weighted by Gasteiger charge is -2.14. The van der Waals surface area contributed by atoms with Crippen molar-refractivity contribution in [3.8, 4) is 0 Å². The molecule has 1 aromatic heterocycles. The third-order valence-electron chi connectivity index (χ3n) is 3.47. The van der Waals surface area contributed by atoms with E-state index >= 15 is 0 Å². The van der Waals surface area contributed by atoms with Crippen LogP contribution in [-0.2, 0) is 16.6 Å². The Hall–Kier alpha value is -0.810. The van der Waals surface area contributed by atoms with Crippen molar-refractivity contribution in [1.82, 2.24) is 4.31 Å². The van der Waals surface area contributed by atoms with Gasteiger partial charge in [0.25, 0.3) is 0 Å². The van der Waals surface area contributed by atoms with Gasteiger partial charge in [-0.3, -0.25) is 0 Å². The Morgan fingerprint density at radius 3 is 2.67 bits per heavy atom. The van der Waals surface area contributed by atoms with Gasteiger partial charge in [-0.15, -0.1) is 0 Å². The van der Waals surface area contributed by atoms with Gasteiger partial charge in [-0.2, -0.15) is 4.31 Å². The summed E-state index contributed by atoms with van der Waals surface area (Å²) in [5.41, 5.74) is 0. The molecule has 4 nitrogen and oxygen atoms in total. The van der Waals surface area contributed by atoms with E-state index < -0.39 is 10.0 Å². The minimum absolute atomic E-state index is 0.191. The first-order valence-corrected chi connectivity index (χ1v) is 8.07. The van der Waals surface area contributed by atoms with Crippen LogP contribution in [0.1, 0.15) is 44.1 Å². The second-order valence-corrected chi connectivity index (χ2v) is 7.39. The summed E-state index contributed by atoms with van der Waals surface area (Å²) in [6.07, 6.45) is 1.81. The van der Waals surface area contributed by atoms with Crippen LogP contribution in [0, 0.1) is 5.92 Å². The fourth-order valence-electron chi connectivity index (χ4n) is 2.13. The van der Waals surface area contributed by atoms with Gasteiger partial charge >= 0.3 is 0 Å². The summed E-state index contributed by atoms with van der Waals surface area (Å²) in [4.78, 5) is 0. The summed E-state index contributed by atoms with van der Waals surface area (Å²) in [6.45, 7) is 4.39. The van der Waals surface area contributed by atoms with Crippen molar-refractivity contribution in [2.45, 2.75) is 39.2 Å². The van der Waals surface area contributed by atoms with Gasteiger partial charge in [0, 0.05) is 13.0 Å². The summed E-state index contributed by atoms with van der Waals surface area (Å²) in [5.74, 6) is 3.16. The van der Waals surface area contributed by atoms with Crippen molar-refractivity contribution in [3.05, 3.63) is 23.7 Å². The highest BCUT2D eigenvalue weighted by atomic mass is 32.2. The Kier molecular flexibility index (Phi) is 3.82. The van der Waals surface area contributed by atoms with E-state index in [1.165, 1.54) is 10.7 Å². The van der Waals surface area contributed by atoms with Crippen LogP contribution in [0.15, 0.2) is 16.5 Å². The molecule has 0 aliphatic heterocycles. The first-order chi connectivity index (χ1) is 8.44. The SMILES string of the molecule is CCCS(=O)(=O)N(C)Cc1ccc(C2CC2C)o1. The molecule has 0 amide bonds. The number of sulfonamides is 1.